The fourth-order valence-corrected chi connectivity index (χ4v) is 3.82. The van der Waals surface area contributed by atoms with Gasteiger partial charge in [0.05, 0.1) is 31.1 Å². The summed E-state index contributed by atoms with van der Waals surface area (Å²) in [5.41, 5.74) is 2.24. The average molecular weight is 445 g/mol. The van der Waals surface area contributed by atoms with Crippen LogP contribution in [0.25, 0.3) is 11.1 Å². The molecule has 9 nitrogen and oxygen atoms in total. The lowest BCUT2D eigenvalue weighted by molar-refractivity contribution is -0.130. The lowest BCUT2D eigenvalue weighted by atomic mass is 9.92. The Balaban J connectivity index is 2.07. The summed E-state index contributed by atoms with van der Waals surface area (Å²) >= 11 is 0. The van der Waals surface area contributed by atoms with Crippen molar-refractivity contribution < 1.29 is 24.2 Å². The minimum atomic E-state index is -0.909. The number of nitrogens with zero attached hydrogens (tertiary/aromatic N) is 4. The van der Waals surface area contributed by atoms with E-state index in [0.29, 0.717) is 18.7 Å². The Morgan fingerprint density at radius 2 is 2.03 bits per heavy atom. The number of rotatable bonds is 6. The topological polar surface area (TPSA) is 97.1 Å². The lowest BCUT2D eigenvalue weighted by Gasteiger charge is -2.35. The SMILES string of the molecule is COC(=O)N1c2ccc(-c3cnn(CC(C)(C)O)c3)c(OCC(=O)N(C)C)c2CCC1C. The van der Waals surface area contributed by atoms with Crippen LogP contribution in [0.5, 0.6) is 5.75 Å². The smallest absolute Gasteiger partial charge is 0.414 e. The van der Waals surface area contributed by atoms with Crippen molar-refractivity contribution in [2.75, 3.05) is 32.7 Å². The van der Waals surface area contributed by atoms with Crippen molar-refractivity contribution in [1.29, 1.82) is 0 Å². The summed E-state index contributed by atoms with van der Waals surface area (Å²) in [6, 6.07) is 3.73. The third-order valence-corrected chi connectivity index (χ3v) is 5.45. The molecular weight excluding hydrogens is 412 g/mol. The summed E-state index contributed by atoms with van der Waals surface area (Å²) < 4.78 is 12.7. The Kier molecular flexibility index (Phi) is 6.78. The number of aromatic nitrogens is 2. The molecule has 1 unspecified atom stereocenters. The number of amides is 2. The van der Waals surface area contributed by atoms with E-state index in [2.05, 4.69) is 5.10 Å². The largest absolute Gasteiger partial charge is 0.483 e. The van der Waals surface area contributed by atoms with Gasteiger partial charge < -0.3 is 19.5 Å². The van der Waals surface area contributed by atoms with Gasteiger partial charge in [0.2, 0.25) is 0 Å². The van der Waals surface area contributed by atoms with E-state index in [0.717, 1.165) is 28.8 Å². The van der Waals surface area contributed by atoms with Crippen LogP contribution in [-0.4, -0.2) is 71.2 Å². The molecule has 1 aromatic heterocycles. The monoisotopic (exact) mass is 444 g/mol. The predicted molar refractivity (Wildman–Crippen MR) is 121 cm³/mol. The highest BCUT2D eigenvalue weighted by atomic mass is 16.5. The third kappa shape index (κ3) is 5.04. The Bertz CT molecular complexity index is 993. The summed E-state index contributed by atoms with van der Waals surface area (Å²) in [7, 11) is 4.71. The van der Waals surface area contributed by atoms with Crippen molar-refractivity contribution >= 4 is 17.7 Å². The summed E-state index contributed by atoms with van der Waals surface area (Å²) in [6.07, 6.45) is 4.55. The highest BCUT2D eigenvalue weighted by molar-refractivity contribution is 5.92. The van der Waals surface area contributed by atoms with E-state index < -0.39 is 11.7 Å². The first kappa shape index (κ1) is 23.6. The highest BCUT2D eigenvalue weighted by Gasteiger charge is 2.32. The van der Waals surface area contributed by atoms with Crippen molar-refractivity contribution in [3.63, 3.8) is 0 Å². The van der Waals surface area contributed by atoms with E-state index in [1.54, 1.807) is 43.7 Å². The molecule has 9 heteroatoms. The van der Waals surface area contributed by atoms with Crippen LogP contribution in [0.1, 0.15) is 32.8 Å². The van der Waals surface area contributed by atoms with Crippen molar-refractivity contribution in [3.05, 3.63) is 30.1 Å². The van der Waals surface area contributed by atoms with Crippen LogP contribution < -0.4 is 9.64 Å². The maximum absolute atomic E-state index is 12.5. The van der Waals surface area contributed by atoms with Gasteiger partial charge in [0.15, 0.2) is 6.61 Å². The molecule has 1 aliphatic heterocycles. The molecule has 1 aromatic carbocycles. The number of carbonyl (C=O) groups excluding carboxylic acids is 2. The standard InChI is InChI=1S/C23H32N4O5/c1-15-7-8-18-19(27(15)22(29)31-6)10-9-17(21(18)32-13-20(28)25(4)5)16-11-24-26(12-16)14-23(2,3)30/h9-12,15,30H,7-8,13-14H2,1-6H3. The quantitative estimate of drug-likeness (QED) is 0.736. The number of anilines is 1. The minimum absolute atomic E-state index is 0.0217. The Morgan fingerprint density at radius 1 is 1.31 bits per heavy atom. The van der Waals surface area contributed by atoms with E-state index in [9.17, 15) is 14.7 Å². The zero-order chi connectivity index (χ0) is 23.6. The Labute approximate surface area is 188 Å². The summed E-state index contributed by atoms with van der Waals surface area (Å²) in [5.74, 6) is 0.390. The fourth-order valence-electron chi connectivity index (χ4n) is 3.82. The second kappa shape index (κ2) is 9.20. The molecule has 1 atom stereocenters. The molecular formula is C23H32N4O5. The zero-order valence-electron chi connectivity index (χ0n) is 19.6. The molecule has 0 aliphatic carbocycles. The molecule has 3 rings (SSSR count). The predicted octanol–water partition coefficient (Wildman–Crippen LogP) is 2.70. The van der Waals surface area contributed by atoms with Crippen molar-refractivity contribution in [1.82, 2.24) is 14.7 Å². The summed E-state index contributed by atoms with van der Waals surface area (Å²) in [5, 5.41) is 14.5. The van der Waals surface area contributed by atoms with Gasteiger partial charge in [0.1, 0.15) is 5.75 Å². The Morgan fingerprint density at radius 3 is 2.66 bits per heavy atom. The number of carbonyl (C=O) groups is 2. The van der Waals surface area contributed by atoms with E-state index in [4.69, 9.17) is 9.47 Å². The van der Waals surface area contributed by atoms with Gasteiger partial charge in [-0.1, -0.05) is 0 Å². The zero-order valence-corrected chi connectivity index (χ0v) is 19.6. The van der Waals surface area contributed by atoms with Crippen LogP contribution >= 0.6 is 0 Å². The van der Waals surface area contributed by atoms with Gasteiger partial charge in [0.25, 0.3) is 5.91 Å². The maximum Gasteiger partial charge on any atom is 0.414 e. The first-order chi connectivity index (χ1) is 15.0. The molecule has 2 heterocycles. The number of methoxy groups -OCH3 is 1. The molecule has 174 valence electrons. The van der Waals surface area contributed by atoms with Crippen LogP contribution in [0.3, 0.4) is 0 Å². The van der Waals surface area contributed by atoms with Crippen molar-refractivity contribution in [2.45, 2.75) is 51.8 Å². The molecule has 0 saturated heterocycles. The van der Waals surface area contributed by atoms with Gasteiger partial charge in [-0.25, -0.2) is 4.79 Å². The molecule has 0 bridgehead atoms. The number of hydrogen-bond acceptors (Lipinski definition) is 6. The molecule has 32 heavy (non-hydrogen) atoms. The minimum Gasteiger partial charge on any atom is -0.483 e. The number of benzene rings is 1. The van der Waals surface area contributed by atoms with Gasteiger partial charge in [-0.2, -0.15) is 5.10 Å². The van der Waals surface area contributed by atoms with Crippen molar-refractivity contribution in [2.24, 2.45) is 0 Å². The number of hydrogen-bond donors (Lipinski definition) is 1. The van der Waals surface area contributed by atoms with Crippen LogP contribution in [0, 0.1) is 0 Å². The molecule has 0 fully saturated rings. The summed E-state index contributed by atoms with van der Waals surface area (Å²) in [6.45, 7) is 5.63. The normalized spacial score (nSPS) is 15.8. The highest BCUT2D eigenvalue weighted by Crippen LogP contribution is 2.43. The molecule has 1 N–H and O–H groups in total. The summed E-state index contributed by atoms with van der Waals surface area (Å²) in [4.78, 5) is 27.8. The first-order valence-electron chi connectivity index (χ1n) is 10.6. The average Bonchev–Trinajstić information content (AvgIpc) is 3.17. The van der Waals surface area contributed by atoms with Gasteiger partial charge in [-0.15, -0.1) is 0 Å². The second-order valence-electron chi connectivity index (χ2n) is 8.98. The van der Waals surface area contributed by atoms with Crippen LogP contribution in [0.4, 0.5) is 10.5 Å². The lowest BCUT2D eigenvalue weighted by Crippen LogP contribution is -2.42. The fraction of sp³-hybridized carbons (Fsp3) is 0.522. The number of ether oxygens (including phenoxy) is 2. The van der Waals surface area contributed by atoms with Crippen LogP contribution in [0.15, 0.2) is 24.5 Å². The maximum atomic E-state index is 12.5. The second-order valence-corrected chi connectivity index (χ2v) is 8.98. The van der Waals surface area contributed by atoms with E-state index in [1.807, 2.05) is 25.3 Å². The molecule has 2 aromatic rings. The molecule has 2 amide bonds. The van der Waals surface area contributed by atoms with E-state index >= 15 is 0 Å². The van der Waals surface area contributed by atoms with E-state index in [1.165, 1.54) is 12.0 Å². The van der Waals surface area contributed by atoms with Gasteiger partial charge in [-0.3, -0.25) is 14.4 Å². The van der Waals surface area contributed by atoms with Crippen LogP contribution in [0.2, 0.25) is 0 Å². The first-order valence-corrected chi connectivity index (χ1v) is 10.6. The number of aliphatic hydroxyl groups is 1. The van der Waals surface area contributed by atoms with Gasteiger partial charge in [-0.05, 0) is 45.7 Å². The third-order valence-electron chi connectivity index (χ3n) is 5.45. The number of likely N-dealkylation sites (N-methyl/N-ethyl adjacent to an activating group) is 1. The van der Waals surface area contributed by atoms with E-state index in [-0.39, 0.29) is 18.6 Å². The van der Waals surface area contributed by atoms with Crippen LogP contribution in [-0.2, 0) is 22.5 Å². The molecule has 0 spiro atoms. The van der Waals surface area contributed by atoms with Crippen molar-refractivity contribution in [3.8, 4) is 16.9 Å². The van der Waals surface area contributed by atoms with Gasteiger partial charge >= 0.3 is 6.09 Å². The van der Waals surface area contributed by atoms with Gasteiger partial charge in [0, 0.05) is 43.0 Å². The molecule has 1 aliphatic rings. The number of fused-ring (bicyclic) bond motifs is 1. The molecule has 0 radical (unpaired) electrons. The Hall–Kier alpha value is -3.07. The molecule has 0 saturated carbocycles.